The van der Waals surface area contributed by atoms with Crippen LogP contribution in [0.5, 0.6) is 11.5 Å². The summed E-state index contributed by atoms with van der Waals surface area (Å²) >= 11 is 1.86. The molecule has 2 fully saturated rings. The van der Waals surface area contributed by atoms with E-state index in [9.17, 15) is 10.2 Å². The van der Waals surface area contributed by atoms with Gasteiger partial charge in [-0.1, -0.05) is 67.4 Å². The van der Waals surface area contributed by atoms with Gasteiger partial charge in [-0.2, -0.15) is 11.8 Å². The molecule has 0 unspecified atom stereocenters. The SMILES string of the molecule is C=CCO[C@@]12Oc3ccc(OCCN4CC4)cc3[C@H]3[C@H](CCCCO)[C@@H](CCCCO)C=C(C(=NOCc4ccccc4)C[C@@H]1SCC)[C@H]32. The number of aliphatic hydroxyl groups is 2. The number of thioether (sulfide) groups is 1. The third-order valence-corrected chi connectivity index (χ3v) is 11.7. The number of aliphatic hydroxyl groups excluding tert-OH is 2. The molecule has 9 heteroatoms. The Kier molecular flexibility index (Phi) is 12.8. The molecule has 1 saturated heterocycles. The number of unbranched alkanes of at least 4 members (excludes halogenated alkanes) is 2. The summed E-state index contributed by atoms with van der Waals surface area (Å²) in [5, 5.41) is 24.4. The first-order valence-corrected chi connectivity index (χ1v) is 19.4. The summed E-state index contributed by atoms with van der Waals surface area (Å²) in [7, 11) is 0. The largest absolute Gasteiger partial charge is 0.492 e. The maximum Gasteiger partial charge on any atom is 0.230 e. The van der Waals surface area contributed by atoms with Crippen LogP contribution in [-0.2, 0) is 16.2 Å². The van der Waals surface area contributed by atoms with Crippen LogP contribution in [0.3, 0.4) is 0 Å². The van der Waals surface area contributed by atoms with Gasteiger partial charge in [0, 0.05) is 50.8 Å². The Morgan fingerprint density at radius 1 is 1.06 bits per heavy atom. The van der Waals surface area contributed by atoms with E-state index in [4.69, 9.17) is 24.2 Å². The highest BCUT2D eigenvalue weighted by Crippen LogP contribution is 2.62. The first kappa shape index (κ1) is 36.0. The third-order valence-electron chi connectivity index (χ3n) is 10.5. The Labute approximate surface area is 296 Å². The van der Waals surface area contributed by atoms with Crippen molar-refractivity contribution in [1.29, 1.82) is 0 Å². The summed E-state index contributed by atoms with van der Waals surface area (Å²) < 4.78 is 20.5. The van der Waals surface area contributed by atoms with Crippen LogP contribution in [0.4, 0.5) is 0 Å². The van der Waals surface area contributed by atoms with Crippen molar-refractivity contribution < 1.29 is 29.3 Å². The molecular weight excluding hydrogens is 637 g/mol. The zero-order valence-corrected chi connectivity index (χ0v) is 29.8. The highest BCUT2D eigenvalue weighted by Gasteiger charge is 2.63. The van der Waals surface area contributed by atoms with Gasteiger partial charge < -0.3 is 29.3 Å². The van der Waals surface area contributed by atoms with Gasteiger partial charge in [0.05, 0.1) is 23.5 Å². The maximum absolute atomic E-state index is 9.81. The second kappa shape index (κ2) is 17.4. The fraction of sp³-hybridized carbons (Fsp3) is 0.575. The van der Waals surface area contributed by atoms with Crippen molar-refractivity contribution in [2.45, 2.75) is 75.4 Å². The number of fused-ring (bicyclic) bond motifs is 2. The second-order valence-electron chi connectivity index (χ2n) is 13.6. The lowest BCUT2D eigenvalue weighted by molar-refractivity contribution is -0.223. The smallest absolute Gasteiger partial charge is 0.230 e. The monoisotopic (exact) mass is 690 g/mol. The van der Waals surface area contributed by atoms with Crippen LogP contribution in [0.15, 0.2) is 78.0 Å². The number of rotatable bonds is 20. The van der Waals surface area contributed by atoms with Crippen molar-refractivity contribution >= 4 is 17.5 Å². The van der Waals surface area contributed by atoms with Crippen LogP contribution < -0.4 is 9.47 Å². The average molecular weight is 691 g/mol. The van der Waals surface area contributed by atoms with Gasteiger partial charge in [-0.3, -0.25) is 4.90 Å². The standard InChI is InChI=1S/C40H54N2O6S/c1-3-23-46-40-37(49-4-2)27-35(41-47-28-29-12-6-5-7-13-29)33-25-30(14-8-10-21-43)32(15-9-11-22-44)38(39(33)40)34-26-31(16-17-36(34)48-40)45-24-20-42-18-19-42/h3,5-7,12-13,16-17,25-26,30,32,37-39,43-44H,1,4,8-11,14-15,18-24,27-28H2,2H3/t30-,32+,37-,38+,39+,40+/m0/s1. The molecular formula is C40H54N2O6S. The molecule has 266 valence electrons. The van der Waals surface area contributed by atoms with Crippen molar-refractivity contribution in [3.05, 3.63) is 84.0 Å². The van der Waals surface area contributed by atoms with Crippen LogP contribution in [-0.4, -0.2) is 83.7 Å². The molecule has 0 radical (unpaired) electrons. The molecule has 0 aromatic heterocycles. The van der Waals surface area contributed by atoms with Gasteiger partial charge in [0.15, 0.2) is 0 Å². The topological polar surface area (TPSA) is 92.8 Å². The lowest BCUT2D eigenvalue weighted by Gasteiger charge is -2.58. The van der Waals surface area contributed by atoms with E-state index >= 15 is 0 Å². The number of oxime groups is 1. The van der Waals surface area contributed by atoms with Gasteiger partial charge in [0.25, 0.3) is 0 Å². The molecule has 1 saturated carbocycles. The summed E-state index contributed by atoms with van der Waals surface area (Å²) in [4.78, 5) is 8.49. The average Bonchev–Trinajstić information content (AvgIpc) is 3.95. The Hall–Kier alpha value is -2.82. The molecule has 2 aromatic rings. The van der Waals surface area contributed by atoms with Crippen molar-refractivity contribution in [3.63, 3.8) is 0 Å². The number of allylic oxidation sites excluding steroid dienone is 1. The van der Waals surface area contributed by atoms with Crippen LogP contribution in [0.2, 0.25) is 0 Å². The van der Waals surface area contributed by atoms with E-state index in [0.717, 1.165) is 97.8 Å². The van der Waals surface area contributed by atoms with Crippen molar-refractivity contribution in [1.82, 2.24) is 4.90 Å². The molecule has 2 aromatic carbocycles. The van der Waals surface area contributed by atoms with Gasteiger partial charge in [-0.15, -0.1) is 6.58 Å². The Morgan fingerprint density at radius 2 is 1.86 bits per heavy atom. The van der Waals surface area contributed by atoms with Gasteiger partial charge in [-0.05, 0) is 72.6 Å². The molecule has 2 heterocycles. The third kappa shape index (κ3) is 8.39. The first-order valence-electron chi connectivity index (χ1n) is 18.3. The quantitative estimate of drug-likeness (QED) is 0.0667. The highest BCUT2D eigenvalue weighted by atomic mass is 32.2. The fourth-order valence-electron chi connectivity index (χ4n) is 8.11. The number of hydrogen-bond donors (Lipinski definition) is 2. The minimum atomic E-state index is -0.927. The molecule has 2 N–H and O–H groups in total. The predicted molar refractivity (Wildman–Crippen MR) is 196 cm³/mol. The first-order chi connectivity index (χ1) is 24.1. The molecule has 6 rings (SSSR count). The second-order valence-corrected chi connectivity index (χ2v) is 15.1. The van der Waals surface area contributed by atoms with Crippen molar-refractivity contribution in [2.24, 2.45) is 22.9 Å². The van der Waals surface area contributed by atoms with E-state index < -0.39 is 5.79 Å². The van der Waals surface area contributed by atoms with E-state index in [-0.39, 0.29) is 42.1 Å². The summed E-state index contributed by atoms with van der Waals surface area (Å²) in [6.45, 7) is 11.2. The Bertz CT molecular complexity index is 1430. The molecule has 0 spiro atoms. The van der Waals surface area contributed by atoms with Crippen LogP contribution in [0.1, 0.15) is 68.9 Å². The van der Waals surface area contributed by atoms with Crippen LogP contribution in [0.25, 0.3) is 0 Å². The molecule has 2 aliphatic heterocycles. The highest BCUT2D eigenvalue weighted by molar-refractivity contribution is 8.00. The molecule has 0 amide bonds. The summed E-state index contributed by atoms with van der Waals surface area (Å²) in [5.41, 5.74) is 4.35. The van der Waals surface area contributed by atoms with E-state index in [1.54, 1.807) is 0 Å². The molecule has 4 aliphatic rings. The zero-order chi connectivity index (χ0) is 34.1. The number of ether oxygens (including phenoxy) is 3. The number of benzene rings is 2. The van der Waals surface area contributed by atoms with Gasteiger partial charge in [0.1, 0.15) is 24.7 Å². The summed E-state index contributed by atoms with van der Waals surface area (Å²) in [6.07, 6.45) is 10.3. The van der Waals surface area contributed by atoms with E-state index in [0.29, 0.717) is 26.2 Å². The maximum atomic E-state index is 9.81. The molecule has 49 heavy (non-hydrogen) atoms. The minimum Gasteiger partial charge on any atom is -0.492 e. The lowest BCUT2D eigenvalue weighted by atomic mass is 9.56. The molecule has 2 aliphatic carbocycles. The van der Waals surface area contributed by atoms with Crippen LogP contribution >= 0.6 is 11.8 Å². The van der Waals surface area contributed by atoms with E-state index in [1.807, 2.05) is 42.1 Å². The Balaban J connectivity index is 1.46. The zero-order valence-electron chi connectivity index (χ0n) is 29.0. The minimum absolute atomic E-state index is 0.0260. The number of hydrogen-bond acceptors (Lipinski definition) is 9. The van der Waals surface area contributed by atoms with Gasteiger partial charge >= 0.3 is 0 Å². The summed E-state index contributed by atoms with van der Waals surface area (Å²) in [6, 6.07) is 16.5. The van der Waals surface area contributed by atoms with E-state index in [2.05, 4.69) is 48.7 Å². The lowest BCUT2D eigenvalue weighted by Crippen LogP contribution is -2.64. The fourth-order valence-corrected chi connectivity index (χ4v) is 9.29. The Morgan fingerprint density at radius 3 is 2.59 bits per heavy atom. The van der Waals surface area contributed by atoms with Crippen LogP contribution in [0, 0.1) is 17.8 Å². The molecule has 0 bridgehead atoms. The van der Waals surface area contributed by atoms with Gasteiger partial charge in [-0.25, -0.2) is 0 Å². The normalized spacial score (nSPS) is 27.9. The van der Waals surface area contributed by atoms with E-state index in [1.165, 1.54) is 0 Å². The summed E-state index contributed by atoms with van der Waals surface area (Å²) in [5.74, 6) is 2.17. The molecule has 8 nitrogen and oxygen atoms in total. The van der Waals surface area contributed by atoms with Crippen molar-refractivity contribution in [3.8, 4) is 11.5 Å². The number of nitrogens with zero attached hydrogens (tertiary/aromatic N) is 2. The predicted octanol–water partition coefficient (Wildman–Crippen LogP) is 6.97. The van der Waals surface area contributed by atoms with Crippen molar-refractivity contribution in [2.75, 3.05) is 51.8 Å². The molecule has 6 atom stereocenters. The van der Waals surface area contributed by atoms with Gasteiger partial charge in [0.2, 0.25) is 5.79 Å².